The molecule has 0 bridgehead atoms. The minimum absolute atomic E-state index is 0.898. The normalized spacial score (nSPS) is 7.29. The predicted molar refractivity (Wildman–Crippen MR) is 40.0 cm³/mol. The molecule has 0 saturated carbocycles. The quantitative estimate of drug-likeness (QED) is 0.476. The van der Waals surface area contributed by atoms with Crippen LogP contribution < -0.4 is 0 Å². The number of alkyl halides is 1. The van der Waals surface area contributed by atoms with E-state index in [0.717, 1.165) is 5.33 Å². The SMILES string of the molecule is CC(=C=CBr)CBr. The zero-order chi connectivity index (χ0) is 5.70. The lowest BCUT2D eigenvalue weighted by atomic mass is 10.4. The van der Waals surface area contributed by atoms with Crippen molar-refractivity contribution in [3.05, 3.63) is 16.3 Å². The predicted octanol–water partition coefficient (Wildman–Crippen LogP) is 2.84. The molecule has 0 aliphatic carbocycles. The second-order valence-corrected chi connectivity index (χ2v) is 2.19. The fourth-order valence-corrected chi connectivity index (χ4v) is 0.684. The maximum atomic E-state index is 3.28. The second-order valence-electron chi connectivity index (χ2n) is 1.17. The Morgan fingerprint density at radius 1 is 1.86 bits per heavy atom. The Kier molecular flexibility index (Phi) is 4.95. The van der Waals surface area contributed by atoms with E-state index in [2.05, 4.69) is 37.6 Å². The first-order valence-corrected chi connectivity index (χ1v) is 3.91. The third-order valence-electron chi connectivity index (χ3n) is 0.501. The van der Waals surface area contributed by atoms with Crippen molar-refractivity contribution in [2.75, 3.05) is 5.33 Å². The second kappa shape index (κ2) is 4.63. The summed E-state index contributed by atoms with van der Waals surface area (Å²) in [6.07, 6.45) is 0. The fraction of sp³-hybridized carbons (Fsp3) is 0.400. The van der Waals surface area contributed by atoms with Gasteiger partial charge in [0, 0.05) is 10.3 Å². The highest BCUT2D eigenvalue weighted by molar-refractivity contribution is 9.11. The van der Waals surface area contributed by atoms with E-state index in [-0.39, 0.29) is 0 Å². The Morgan fingerprint density at radius 3 is 2.57 bits per heavy atom. The van der Waals surface area contributed by atoms with E-state index in [0.29, 0.717) is 0 Å². The van der Waals surface area contributed by atoms with Gasteiger partial charge in [0.1, 0.15) is 0 Å². The highest BCUT2D eigenvalue weighted by Crippen LogP contribution is 1.94. The van der Waals surface area contributed by atoms with Gasteiger partial charge in [-0.2, -0.15) is 0 Å². The molecule has 0 aliphatic heterocycles. The van der Waals surface area contributed by atoms with Gasteiger partial charge in [0.15, 0.2) is 0 Å². The molecule has 0 heterocycles. The number of halogens is 2. The summed E-state index contributed by atoms with van der Waals surface area (Å²) in [5.41, 5.74) is 4.15. The lowest BCUT2D eigenvalue weighted by Crippen LogP contribution is -1.67. The maximum absolute atomic E-state index is 3.28. The summed E-state index contributed by atoms with van der Waals surface area (Å²) in [6.45, 7) is 2.01. The molecule has 7 heavy (non-hydrogen) atoms. The minimum atomic E-state index is 0.898. The first-order valence-electron chi connectivity index (χ1n) is 1.88. The van der Waals surface area contributed by atoms with E-state index < -0.39 is 0 Å². The zero-order valence-corrected chi connectivity index (χ0v) is 7.21. The smallest absolute Gasteiger partial charge is 0.0315 e. The molecule has 0 atom stereocenters. The van der Waals surface area contributed by atoms with Crippen LogP contribution in [-0.2, 0) is 0 Å². The largest absolute Gasteiger partial charge is 0.114 e. The van der Waals surface area contributed by atoms with Gasteiger partial charge in [0.2, 0.25) is 0 Å². The molecule has 40 valence electrons. The molecule has 0 spiro atoms. The number of allylic oxidation sites excluding steroid dienone is 1. The van der Waals surface area contributed by atoms with Gasteiger partial charge in [-0.3, -0.25) is 0 Å². The summed E-state index contributed by atoms with van der Waals surface area (Å²) in [6, 6.07) is 0. The van der Waals surface area contributed by atoms with Gasteiger partial charge >= 0.3 is 0 Å². The Labute approximate surface area is 60.6 Å². The van der Waals surface area contributed by atoms with Crippen LogP contribution in [0.2, 0.25) is 0 Å². The minimum Gasteiger partial charge on any atom is -0.114 e. The van der Waals surface area contributed by atoms with E-state index in [4.69, 9.17) is 0 Å². The topological polar surface area (TPSA) is 0 Å². The van der Waals surface area contributed by atoms with Gasteiger partial charge in [0.25, 0.3) is 0 Å². The Balaban J connectivity index is 3.74. The van der Waals surface area contributed by atoms with Crippen molar-refractivity contribution in [2.24, 2.45) is 0 Å². The van der Waals surface area contributed by atoms with Crippen LogP contribution in [0, 0.1) is 0 Å². The van der Waals surface area contributed by atoms with Gasteiger partial charge in [-0.05, 0) is 12.5 Å². The van der Waals surface area contributed by atoms with Gasteiger partial charge in [-0.25, -0.2) is 0 Å². The first kappa shape index (κ1) is 7.48. The van der Waals surface area contributed by atoms with Crippen LogP contribution in [0.1, 0.15) is 6.92 Å². The summed E-state index contributed by atoms with van der Waals surface area (Å²) in [5, 5.41) is 0.898. The maximum Gasteiger partial charge on any atom is 0.0315 e. The number of hydrogen-bond acceptors (Lipinski definition) is 0. The summed E-state index contributed by atoms with van der Waals surface area (Å²) < 4.78 is 0. The molecule has 0 aromatic carbocycles. The summed E-state index contributed by atoms with van der Waals surface area (Å²) in [4.78, 5) is 1.73. The Hall–Kier alpha value is 0.480. The number of hydrogen-bond donors (Lipinski definition) is 0. The van der Waals surface area contributed by atoms with Crippen molar-refractivity contribution in [3.8, 4) is 0 Å². The van der Waals surface area contributed by atoms with Gasteiger partial charge in [0.05, 0.1) is 0 Å². The lowest BCUT2D eigenvalue weighted by molar-refractivity contribution is 1.44. The zero-order valence-electron chi connectivity index (χ0n) is 4.04. The number of rotatable bonds is 1. The lowest BCUT2D eigenvalue weighted by Gasteiger charge is -1.79. The molecule has 0 nitrogen and oxygen atoms in total. The Bertz CT molecular complexity index is 98.6. The van der Waals surface area contributed by atoms with Crippen LogP contribution >= 0.6 is 31.9 Å². The van der Waals surface area contributed by atoms with Crippen LogP contribution in [-0.4, -0.2) is 5.33 Å². The molecule has 0 saturated heterocycles. The van der Waals surface area contributed by atoms with Crippen molar-refractivity contribution < 1.29 is 0 Å². The molecule has 0 fully saturated rings. The van der Waals surface area contributed by atoms with Crippen LogP contribution in [0.5, 0.6) is 0 Å². The van der Waals surface area contributed by atoms with Gasteiger partial charge in [-0.15, -0.1) is 5.73 Å². The van der Waals surface area contributed by atoms with E-state index in [1.165, 1.54) is 5.57 Å². The Morgan fingerprint density at radius 2 is 2.43 bits per heavy atom. The molecule has 0 aliphatic rings. The molecule has 2 heteroatoms. The molecule has 0 rings (SSSR count). The molecule has 0 aromatic heterocycles. The van der Waals surface area contributed by atoms with Crippen LogP contribution in [0.3, 0.4) is 0 Å². The molecule has 0 aromatic rings. The molecular weight excluding hydrogens is 220 g/mol. The standard InChI is InChI=1S/C5H6Br2/c1-5(4-7)2-3-6/h3H,4H2,1H3. The molecule has 0 unspecified atom stereocenters. The van der Waals surface area contributed by atoms with Gasteiger partial charge < -0.3 is 0 Å². The molecule has 0 amide bonds. The van der Waals surface area contributed by atoms with Crippen molar-refractivity contribution >= 4 is 31.9 Å². The third-order valence-corrected chi connectivity index (χ3v) is 1.57. The molecular formula is C5H6Br2. The van der Waals surface area contributed by atoms with Crippen LogP contribution in [0.25, 0.3) is 0 Å². The monoisotopic (exact) mass is 224 g/mol. The highest BCUT2D eigenvalue weighted by Gasteiger charge is 1.75. The average molecular weight is 226 g/mol. The van der Waals surface area contributed by atoms with Crippen molar-refractivity contribution in [1.29, 1.82) is 0 Å². The van der Waals surface area contributed by atoms with Crippen molar-refractivity contribution in [2.45, 2.75) is 6.92 Å². The summed E-state index contributed by atoms with van der Waals surface area (Å²) in [5.74, 6) is 0. The van der Waals surface area contributed by atoms with Crippen LogP contribution in [0.4, 0.5) is 0 Å². The third kappa shape index (κ3) is 4.33. The van der Waals surface area contributed by atoms with Gasteiger partial charge in [-0.1, -0.05) is 31.9 Å². The molecule has 0 radical (unpaired) electrons. The van der Waals surface area contributed by atoms with Crippen LogP contribution in [0.15, 0.2) is 16.3 Å². The van der Waals surface area contributed by atoms with E-state index in [1.807, 2.05) is 6.92 Å². The average Bonchev–Trinajstić information content (AvgIpc) is 1.68. The fourth-order valence-electron chi connectivity index (χ4n) is 0.132. The molecule has 0 N–H and O–H groups in total. The summed E-state index contributed by atoms with van der Waals surface area (Å²) in [7, 11) is 0. The summed E-state index contributed by atoms with van der Waals surface area (Å²) >= 11 is 6.39. The first-order chi connectivity index (χ1) is 3.31. The van der Waals surface area contributed by atoms with E-state index >= 15 is 0 Å². The highest BCUT2D eigenvalue weighted by atomic mass is 79.9. The van der Waals surface area contributed by atoms with Crippen molar-refractivity contribution in [3.63, 3.8) is 0 Å². The van der Waals surface area contributed by atoms with Crippen molar-refractivity contribution in [1.82, 2.24) is 0 Å². The van der Waals surface area contributed by atoms with E-state index in [9.17, 15) is 0 Å². The van der Waals surface area contributed by atoms with E-state index in [1.54, 1.807) is 4.99 Å².